The summed E-state index contributed by atoms with van der Waals surface area (Å²) in [6.07, 6.45) is 8.26. The monoisotopic (exact) mass is 390 g/mol. The van der Waals surface area contributed by atoms with E-state index in [-0.39, 0.29) is 11.7 Å². The number of amidine groups is 1. The molecule has 4 nitrogen and oxygen atoms in total. The Balaban J connectivity index is 1.54. The molecule has 1 N–H and O–H groups in total. The van der Waals surface area contributed by atoms with Gasteiger partial charge < -0.3 is 5.11 Å². The summed E-state index contributed by atoms with van der Waals surface area (Å²) < 4.78 is 0. The van der Waals surface area contributed by atoms with Crippen LogP contribution >= 0.6 is 0 Å². The van der Waals surface area contributed by atoms with Gasteiger partial charge in [-0.25, -0.2) is 0 Å². The van der Waals surface area contributed by atoms with E-state index in [9.17, 15) is 9.90 Å². The fourth-order valence-corrected chi connectivity index (χ4v) is 4.55. The van der Waals surface area contributed by atoms with Crippen molar-refractivity contribution in [1.29, 1.82) is 0 Å². The second-order valence-corrected chi connectivity index (χ2v) is 8.36. The van der Waals surface area contributed by atoms with Gasteiger partial charge in [0.25, 0.3) is 5.91 Å². The third-order valence-corrected chi connectivity index (χ3v) is 6.21. The number of rotatable bonds is 6. The number of unbranched alkanes of at least 4 members (excludes halogenated alkanes) is 1. The number of aromatic hydroxyl groups is 1. The molecule has 1 amide bonds. The molecule has 1 fully saturated rings. The zero-order valence-electron chi connectivity index (χ0n) is 17.2. The van der Waals surface area contributed by atoms with Gasteiger partial charge in [-0.1, -0.05) is 69.0 Å². The van der Waals surface area contributed by atoms with Crippen LogP contribution < -0.4 is 0 Å². The van der Waals surface area contributed by atoms with Gasteiger partial charge in [0.1, 0.15) is 17.1 Å². The van der Waals surface area contributed by atoms with Crippen LogP contribution in [0, 0.1) is 0 Å². The van der Waals surface area contributed by atoms with E-state index in [2.05, 4.69) is 31.2 Å². The highest BCUT2D eigenvalue weighted by Crippen LogP contribution is 2.38. The Morgan fingerprint density at radius 3 is 2.48 bits per heavy atom. The molecule has 2 aromatic carbocycles. The number of benzene rings is 2. The number of carbonyl (C=O) groups excluding carboxylic acids is 1. The number of nitrogens with zero attached hydrogens (tertiary/aromatic N) is 2. The molecule has 4 rings (SSSR count). The van der Waals surface area contributed by atoms with E-state index < -0.39 is 5.54 Å². The number of phenols is 1. The van der Waals surface area contributed by atoms with E-state index in [1.54, 1.807) is 12.1 Å². The summed E-state index contributed by atoms with van der Waals surface area (Å²) >= 11 is 0. The highest BCUT2D eigenvalue weighted by molar-refractivity contribution is 6.08. The van der Waals surface area contributed by atoms with Crippen LogP contribution in [0.4, 0.5) is 0 Å². The van der Waals surface area contributed by atoms with E-state index in [0.717, 1.165) is 67.5 Å². The Kier molecular flexibility index (Phi) is 5.70. The first-order valence-electron chi connectivity index (χ1n) is 10.9. The van der Waals surface area contributed by atoms with Gasteiger partial charge in [0.05, 0.1) is 6.54 Å². The predicted molar refractivity (Wildman–Crippen MR) is 117 cm³/mol. The molecule has 1 heterocycles. The molecule has 29 heavy (non-hydrogen) atoms. The Morgan fingerprint density at radius 1 is 1.03 bits per heavy atom. The number of hydrogen-bond acceptors (Lipinski definition) is 3. The van der Waals surface area contributed by atoms with Crippen molar-refractivity contribution in [2.75, 3.05) is 0 Å². The van der Waals surface area contributed by atoms with Gasteiger partial charge in [0.15, 0.2) is 0 Å². The maximum absolute atomic E-state index is 13.4. The lowest BCUT2D eigenvalue weighted by Crippen LogP contribution is -2.43. The van der Waals surface area contributed by atoms with Crippen molar-refractivity contribution in [3.05, 3.63) is 54.1 Å². The highest BCUT2D eigenvalue weighted by atomic mass is 16.3. The molecule has 0 atom stereocenters. The summed E-state index contributed by atoms with van der Waals surface area (Å²) in [5.74, 6) is 1.46. The van der Waals surface area contributed by atoms with Gasteiger partial charge in [0, 0.05) is 6.42 Å². The number of hydrogen-bond donors (Lipinski definition) is 1. The molecule has 0 aromatic heterocycles. The largest absolute Gasteiger partial charge is 0.508 e. The molecule has 1 saturated carbocycles. The van der Waals surface area contributed by atoms with Gasteiger partial charge in [-0.3, -0.25) is 14.7 Å². The summed E-state index contributed by atoms with van der Waals surface area (Å²) in [5, 5.41) is 9.71. The van der Waals surface area contributed by atoms with Crippen molar-refractivity contribution in [1.82, 2.24) is 4.90 Å². The third-order valence-electron chi connectivity index (χ3n) is 6.21. The second-order valence-electron chi connectivity index (χ2n) is 8.36. The molecule has 0 unspecified atom stereocenters. The van der Waals surface area contributed by atoms with Crippen molar-refractivity contribution in [3.8, 4) is 16.9 Å². The second kappa shape index (κ2) is 8.40. The third kappa shape index (κ3) is 4.07. The summed E-state index contributed by atoms with van der Waals surface area (Å²) in [6, 6.07) is 15.6. The first-order valence-corrected chi connectivity index (χ1v) is 10.9. The molecule has 1 aliphatic carbocycles. The SMILES string of the molecule is CCCCC1=NC2(CCCCC2)C(=O)N1Cc1ccc(-c2cccc(O)c2)cc1. The van der Waals surface area contributed by atoms with E-state index in [0.29, 0.717) is 6.54 Å². The summed E-state index contributed by atoms with van der Waals surface area (Å²) in [7, 11) is 0. The van der Waals surface area contributed by atoms with Crippen LogP contribution in [-0.2, 0) is 11.3 Å². The summed E-state index contributed by atoms with van der Waals surface area (Å²) in [6.45, 7) is 2.77. The molecule has 4 heteroatoms. The van der Waals surface area contributed by atoms with Gasteiger partial charge in [0.2, 0.25) is 0 Å². The standard InChI is InChI=1S/C25H30N2O2/c1-2-3-10-23-26-25(15-5-4-6-16-25)24(29)27(23)18-19-11-13-20(14-12-19)21-8-7-9-22(28)17-21/h7-9,11-14,17,28H,2-6,10,15-16,18H2,1H3. The molecule has 0 bridgehead atoms. The minimum atomic E-state index is -0.483. The van der Waals surface area contributed by atoms with Crippen molar-refractivity contribution in [2.45, 2.75) is 70.4 Å². The molecule has 2 aliphatic rings. The Hall–Kier alpha value is -2.62. The highest BCUT2D eigenvalue weighted by Gasteiger charge is 2.47. The molecular weight excluding hydrogens is 360 g/mol. The van der Waals surface area contributed by atoms with Crippen LogP contribution in [0.3, 0.4) is 0 Å². The zero-order valence-corrected chi connectivity index (χ0v) is 17.2. The van der Waals surface area contributed by atoms with Gasteiger partial charge in [-0.05, 0) is 48.1 Å². The predicted octanol–water partition coefficient (Wildman–Crippen LogP) is 5.69. The first kappa shape index (κ1) is 19.7. The van der Waals surface area contributed by atoms with Gasteiger partial charge in [-0.15, -0.1) is 0 Å². The van der Waals surface area contributed by atoms with E-state index in [1.165, 1.54) is 6.42 Å². The Morgan fingerprint density at radius 2 is 1.79 bits per heavy atom. The maximum atomic E-state index is 13.4. The average molecular weight is 391 g/mol. The quantitative estimate of drug-likeness (QED) is 0.688. The molecule has 2 aromatic rings. The van der Waals surface area contributed by atoms with Crippen molar-refractivity contribution >= 4 is 11.7 Å². The lowest BCUT2D eigenvalue weighted by Gasteiger charge is -2.29. The van der Waals surface area contributed by atoms with E-state index >= 15 is 0 Å². The minimum Gasteiger partial charge on any atom is -0.508 e. The molecule has 0 saturated heterocycles. The van der Waals surface area contributed by atoms with E-state index in [1.807, 2.05) is 17.0 Å². The van der Waals surface area contributed by atoms with Crippen LogP contribution in [-0.4, -0.2) is 27.3 Å². The van der Waals surface area contributed by atoms with Crippen molar-refractivity contribution in [2.24, 2.45) is 4.99 Å². The van der Waals surface area contributed by atoms with Crippen LogP contribution in [0.2, 0.25) is 0 Å². The summed E-state index contributed by atoms with van der Waals surface area (Å²) in [4.78, 5) is 20.3. The maximum Gasteiger partial charge on any atom is 0.256 e. The topological polar surface area (TPSA) is 52.9 Å². The van der Waals surface area contributed by atoms with Crippen LogP contribution in [0.5, 0.6) is 5.75 Å². The van der Waals surface area contributed by atoms with Crippen LogP contribution in [0.1, 0.15) is 63.9 Å². The smallest absolute Gasteiger partial charge is 0.256 e. The lowest BCUT2D eigenvalue weighted by atomic mass is 9.82. The fraction of sp³-hybridized carbons (Fsp3) is 0.440. The minimum absolute atomic E-state index is 0.209. The Labute approximate surface area is 173 Å². The van der Waals surface area contributed by atoms with Gasteiger partial charge in [-0.2, -0.15) is 0 Å². The number of carbonyl (C=O) groups is 1. The van der Waals surface area contributed by atoms with Crippen molar-refractivity contribution < 1.29 is 9.90 Å². The van der Waals surface area contributed by atoms with Gasteiger partial charge >= 0.3 is 0 Å². The molecule has 1 spiro atoms. The van der Waals surface area contributed by atoms with Crippen LogP contribution in [0.25, 0.3) is 11.1 Å². The zero-order chi connectivity index (χ0) is 20.3. The van der Waals surface area contributed by atoms with E-state index in [4.69, 9.17) is 4.99 Å². The fourth-order valence-electron chi connectivity index (χ4n) is 4.55. The van der Waals surface area contributed by atoms with Crippen LogP contribution in [0.15, 0.2) is 53.5 Å². The normalized spacial score (nSPS) is 18.3. The average Bonchev–Trinajstić information content (AvgIpc) is 2.98. The summed E-state index contributed by atoms with van der Waals surface area (Å²) in [5.41, 5.74) is 2.67. The number of aliphatic imine (C=N–C) groups is 1. The molecule has 0 radical (unpaired) electrons. The molecule has 1 aliphatic heterocycles. The molecular formula is C25H30N2O2. The van der Waals surface area contributed by atoms with Crippen molar-refractivity contribution in [3.63, 3.8) is 0 Å². The number of amides is 1. The molecule has 152 valence electrons. The Bertz CT molecular complexity index is 895. The lowest BCUT2D eigenvalue weighted by molar-refractivity contribution is -0.132. The first-order chi connectivity index (χ1) is 14.1. The number of phenolic OH excluding ortho intramolecular Hbond substituents is 1.